The van der Waals surface area contributed by atoms with Crippen molar-refractivity contribution in [3.05, 3.63) is 80.0 Å². The number of rotatable bonds is 4. The lowest BCUT2D eigenvalue weighted by atomic mass is 10.1. The molecule has 1 aromatic carbocycles. The summed E-state index contributed by atoms with van der Waals surface area (Å²) in [5.74, 6) is 0. The van der Waals surface area contributed by atoms with Gasteiger partial charge in [-0.25, -0.2) is 9.97 Å². The molecule has 0 fully saturated rings. The molecule has 1 atom stereocenters. The van der Waals surface area contributed by atoms with Crippen molar-refractivity contribution < 1.29 is 5.11 Å². The number of aliphatic hydroxyl groups is 1. The van der Waals surface area contributed by atoms with E-state index in [1.165, 1.54) is 29.4 Å². The number of aliphatic hydroxyl groups excluding tert-OH is 1. The maximum Gasteiger partial charge on any atom is 0.138 e. The second-order valence-electron chi connectivity index (χ2n) is 4.78. The predicted molar refractivity (Wildman–Crippen MR) is 89.7 cm³/mol. The third-order valence-corrected chi connectivity index (χ3v) is 5.08. The highest BCUT2D eigenvalue weighted by Gasteiger charge is 2.19. The molecule has 0 saturated heterocycles. The molecule has 0 aliphatic heterocycles. The van der Waals surface area contributed by atoms with Gasteiger partial charge >= 0.3 is 0 Å². The molecule has 0 bridgehead atoms. The van der Waals surface area contributed by atoms with Crippen molar-refractivity contribution in [3.63, 3.8) is 0 Å². The Morgan fingerprint density at radius 3 is 2.68 bits per heavy atom. The molecule has 3 rings (SSSR count). The maximum absolute atomic E-state index is 10.5. The van der Waals surface area contributed by atoms with Crippen molar-refractivity contribution in [3.8, 4) is 0 Å². The molecular weight excluding hydrogens is 339 g/mol. The number of thiophene rings is 1. The first-order valence-corrected chi connectivity index (χ1v) is 8.18. The van der Waals surface area contributed by atoms with Crippen LogP contribution < -0.4 is 0 Å². The third kappa shape index (κ3) is 3.31. The van der Waals surface area contributed by atoms with E-state index in [1.54, 1.807) is 0 Å². The lowest BCUT2D eigenvalue weighted by Crippen LogP contribution is -2.00. The average Bonchev–Trinajstić information content (AvgIpc) is 2.89. The van der Waals surface area contributed by atoms with E-state index >= 15 is 0 Å². The molecule has 2 heterocycles. The van der Waals surface area contributed by atoms with Crippen LogP contribution in [-0.2, 0) is 6.42 Å². The lowest BCUT2D eigenvalue weighted by molar-refractivity contribution is 0.223. The number of halogens is 2. The van der Waals surface area contributed by atoms with Crippen LogP contribution in [0.3, 0.4) is 0 Å². The van der Waals surface area contributed by atoms with Crippen molar-refractivity contribution >= 4 is 34.5 Å². The fourth-order valence-corrected chi connectivity index (χ4v) is 3.65. The van der Waals surface area contributed by atoms with Crippen LogP contribution in [0.2, 0.25) is 9.49 Å². The molecule has 1 N–H and O–H groups in total. The van der Waals surface area contributed by atoms with Crippen LogP contribution in [0.5, 0.6) is 0 Å². The summed E-state index contributed by atoms with van der Waals surface area (Å²) < 4.78 is 0.672. The van der Waals surface area contributed by atoms with Crippen LogP contribution in [-0.4, -0.2) is 15.1 Å². The van der Waals surface area contributed by atoms with Crippen molar-refractivity contribution in [1.82, 2.24) is 9.97 Å². The first-order valence-electron chi connectivity index (χ1n) is 6.60. The van der Waals surface area contributed by atoms with Gasteiger partial charge in [-0.05, 0) is 23.6 Å². The number of hydrogen-bond acceptors (Lipinski definition) is 4. The minimum atomic E-state index is -0.874. The Kier molecular flexibility index (Phi) is 4.74. The van der Waals surface area contributed by atoms with E-state index < -0.39 is 6.10 Å². The van der Waals surface area contributed by atoms with Gasteiger partial charge < -0.3 is 5.11 Å². The van der Waals surface area contributed by atoms with Crippen LogP contribution in [0, 0.1) is 0 Å². The predicted octanol–water partition coefficient (Wildman–Crippen LogP) is 4.52. The molecule has 2 aromatic heterocycles. The Morgan fingerprint density at radius 2 is 1.95 bits per heavy atom. The number of nitrogens with zero attached hydrogens (tertiary/aromatic N) is 2. The molecule has 22 heavy (non-hydrogen) atoms. The van der Waals surface area contributed by atoms with E-state index in [2.05, 4.69) is 9.97 Å². The van der Waals surface area contributed by atoms with E-state index in [9.17, 15) is 5.11 Å². The van der Waals surface area contributed by atoms with E-state index in [1.807, 2.05) is 36.4 Å². The van der Waals surface area contributed by atoms with Gasteiger partial charge in [0.15, 0.2) is 0 Å². The molecule has 3 aromatic rings. The van der Waals surface area contributed by atoms with Crippen molar-refractivity contribution in [2.24, 2.45) is 0 Å². The fourth-order valence-electron chi connectivity index (χ4n) is 2.16. The Hall–Kier alpha value is -1.46. The molecule has 0 aliphatic rings. The monoisotopic (exact) mass is 350 g/mol. The summed E-state index contributed by atoms with van der Waals surface area (Å²) >= 11 is 13.7. The van der Waals surface area contributed by atoms with Crippen molar-refractivity contribution in [2.45, 2.75) is 12.5 Å². The van der Waals surface area contributed by atoms with E-state index in [0.29, 0.717) is 9.90 Å². The summed E-state index contributed by atoms with van der Waals surface area (Å²) in [6.45, 7) is 0. The summed E-state index contributed by atoms with van der Waals surface area (Å²) in [4.78, 5) is 8.52. The van der Waals surface area contributed by atoms with Crippen LogP contribution in [0.25, 0.3) is 0 Å². The zero-order valence-corrected chi connectivity index (χ0v) is 13.7. The molecule has 1 unspecified atom stereocenters. The normalized spacial score (nSPS) is 12.3. The zero-order valence-electron chi connectivity index (χ0n) is 11.4. The van der Waals surface area contributed by atoms with Gasteiger partial charge in [0.1, 0.15) is 17.6 Å². The summed E-state index contributed by atoms with van der Waals surface area (Å²) in [6, 6.07) is 12.0. The number of aromatic nitrogens is 2. The van der Waals surface area contributed by atoms with E-state index in [-0.39, 0.29) is 5.15 Å². The molecule has 0 amide bonds. The van der Waals surface area contributed by atoms with Crippen LogP contribution >= 0.6 is 34.5 Å². The lowest BCUT2D eigenvalue weighted by Gasteiger charge is -2.08. The van der Waals surface area contributed by atoms with Crippen molar-refractivity contribution in [2.75, 3.05) is 0 Å². The molecule has 0 aliphatic carbocycles. The fraction of sp³-hybridized carbons (Fsp3) is 0.125. The van der Waals surface area contributed by atoms with Gasteiger partial charge in [0.05, 0.1) is 4.34 Å². The smallest absolute Gasteiger partial charge is 0.138 e. The zero-order chi connectivity index (χ0) is 15.5. The number of hydrogen-bond donors (Lipinski definition) is 1. The summed E-state index contributed by atoms with van der Waals surface area (Å²) in [6.07, 6.45) is 2.72. The second kappa shape index (κ2) is 6.75. The van der Waals surface area contributed by atoms with Crippen LogP contribution in [0.1, 0.15) is 27.7 Å². The van der Waals surface area contributed by atoms with Crippen LogP contribution in [0.15, 0.2) is 48.9 Å². The molecule has 112 valence electrons. The molecular formula is C16H12Cl2N2OS. The minimum absolute atomic E-state index is 0.247. The molecule has 0 radical (unpaired) electrons. The van der Waals surface area contributed by atoms with E-state index in [4.69, 9.17) is 23.2 Å². The van der Waals surface area contributed by atoms with Gasteiger partial charge in [-0.2, -0.15) is 0 Å². The van der Waals surface area contributed by atoms with Crippen LogP contribution in [0.4, 0.5) is 0 Å². The van der Waals surface area contributed by atoms with Crippen molar-refractivity contribution in [1.29, 1.82) is 0 Å². The van der Waals surface area contributed by atoms with Gasteiger partial charge in [-0.15, -0.1) is 11.3 Å². The highest BCUT2D eigenvalue weighted by Crippen LogP contribution is 2.36. The molecule has 0 spiro atoms. The SMILES string of the molecule is OC(c1cc(Cc2ccccc2)c(Cl)s1)c1cncnc1Cl. The van der Waals surface area contributed by atoms with Gasteiger partial charge in [0.25, 0.3) is 0 Å². The quantitative estimate of drug-likeness (QED) is 0.703. The Labute approximate surface area is 142 Å². The highest BCUT2D eigenvalue weighted by molar-refractivity contribution is 7.16. The Morgan fingerprint density at radius 1 is 1.18 bits per heavy atom. The average molecular weight is 351 g/mol. The number of benzene rings is 1. The third-order valence-electron chi connectivity index (χ3n) is 3.27. The Bertz CT molecular complexity index is 777. The largest absolute Gasteiger partial charge is 0.383 e. The first kappa shape index (κ1) is 15.4. The standard InChI is InChI=1S/C16H12Cl2N2OS/c17-15-12(8-19-9-20-15)14(21)13-7-11(16(18)22-13)6-10-4-2-1-3-5-10/h1-5,7-9,14,21H,6H2. The highest BCUT2D eigenvalue weighted by atomic mass is 35.5. The van der Waals surface area contributed by atoms with Gasteiger partial charge in [-0.3, -0.25) is 0 Å². The topological polar surface area (TPSA) is 46.0 Å². The summed E-state index contributed by atoms with van der Waals surface area (Å²) in [7, 11) is 0. The second-order valence-corrected chi connectivity index (χ2v) is 6.83. The van der Waals surface area contributed by atoms with Gasteiger partial charge in [0, 0.05) is 16.6 Å². The summed E-state index contributed by atoms with van der Waals surface area (Å²) in [5, 5.41) is 10.7. The summed E-state index contributed by atoms with van der Waals surface area (Å²) in [5.41, 5.74) is 2.64. The Balaban J connectivity index is 1.87. The van der Waals surface area contributed by atoms with Gasteiger partial charge in [-0.1, -0.05) is 53.5 Å². The molecule has 0 saturated carbocycles. The maximum atomic E-state index is 10.5. The molecule has 3 nitrogen and oxygen atoms in total. The van der Waals surface area contributed by atoms with Gasteiger partial charge in [0.2, 0.25) is 0 Å². The molecule has 6 heteroatoms. The first-order chi connectivity index (χ1) is 10.6. The minimum Gasteiger partial charge on any atom is -0.383 e. The van der Waals surface area contributed by atoms with E-state index in [0.717, 1.165) is 16.9 Å².